The van der Waals surface area contributed by atoms with Gasteiger partial charge in [-0.15, -0.1) is 11.3 Å². The number of aliphatic hydroxyl groups is 2. The van der Waals surface area contributed by atoms with Crippen molar-refractivity contribution in [1.82, 2.24) is 14.8 Å². The maximum absolute atomic E-state index is 14.9. The predicted octanol–water partition coefficient (Wildman–Crippen LogP) is 8.31. The first-order valence-corrected chi connectivity index (χ1v) is 19.3. The van der Waals surface area contributed by atoms with Crippen molar-refractivity contribution in [3.05, 3.63) is 75.7 Å². The molecule has 2 atom stereocenters. The summed E-state index contributed by atoms with van der Waals surface area (Å²) in [7, 11) is 0. The fourth-order valence-corrected chi connectivity index (χ4v) is 8.20. The molecule has 55 heavy (non-hydrogen) atoms. The van der Waals surface area contributed by atoms with E-state index in [1.165, 1.54) is 4.90 Å². The minimum atomic E-state index is -4.89. The molecule has 0 unspecified atom stereocenters. The zero-order valence-electron chi connectivity index (χ0n) is 31.0. The van der Waals surface area contributed by atoms with E-state index in [1.54, 1.807) is 25.7 Å². The molecule has 4 heterocycles. The molecule has 0 saturated carbocycles. The molecular weight excluding hydrogens is 752 g/mol. The van der Waals surface area contributed by atoms with E-state index in [9.17, 15) is 46.1 Å². The van der Waals surface area contributed by atoms with Gasteiger partial charge >= 0.3 is 12.4 Å². The highest BCUT2D eigenvalue weighted by molar-refractivity contribution is 7.10. The van der Waals surface area contributed by atoms with Crippen molar-refractivity contribution in [1.29, 1.82) is 0 Å². The van der Waals surface area contributed by atoms with E-state index in [4.69, 9.17) is 9.47 Å². The summed E-state index contributed by atoms with van der Waals surface area (Å²) in [6, 6.07) is 9.06. The number of likely N-dealkylation sites (tertiary alicyclic amines) is 2. The normalized spacial score (nSPS) is 20.2. The third-order valence-corrected chi connectivity index (χ3v) is 11.5. The summed E-state index contributed by atoms with van der Waals surface area (Å²) in [5, 5.41) is 20.4. The Morgan fingerprint density at radius 1 is 1.02 bits per heavy atom. The van der Waals surface area contributed by atoms with Gasteiger partial charge in [0, 0.05) is 49.1 Å². The molecule has 2 saturated heterocycles. The van der Waals surface area contributed by atoms with E-state index in [2.05, 4.69) is 4.98 Å². The van der Waals surface area contributed by atoms with Crippen LogP contribution in [0.2, 0.25) is 0 Å². The third kappa shape index (κ3) is 9.57. The first-order valence-electron chi connectivity index (χ1n) is 18.4. The van der Waals surface area contributed by atoms with Gasteiger partial charge in [-0.25, -0.2) is 0 Å². The second kappa shape index (κ2) is 17.1. The van der Waals surface area contributed by atoms with Gasteiger partial charge in [0.2, 0.25) is 5.60 Å². The standard InChI is InChI=1S/C39H47F6N3O6S/c1-4-10-30-37(54-26-23-31(55-24-26)39(43,44)45,17-8-19-48(30)33(49)32-28(38(40,41)42)12-7-18-46-32)34(50)47-20-14-25(15-21-47)27-11-5-6-13-29(27)53-22-9-16-36(2,3)35(51)52/h5-7,11-13,18,23-25,30,35,51-52H,4,8-10,14-17,19-22H2,1-3H3/t30-,37+/m1/s1. The number of para-hydroxylation sites is 1. The molecule has 2 aliphatic heterocycles. The number of piperidine rings is 2. The van der Waals surface area contributed by atoms with Crippen molar-refractivity contribution in [2.75, 3.05) is 26.2 Å². The number of hydrogen-bond donors (Lipinski definition) is 2. The molecule has 2 aromatic heterocycles. The summed E-state index contributed by atoms with van der Waals surface area (Å²) < 4.78 is 95.7. The van der Waals surface area contributed by atoms with Crippen molar-refractivity contribution in [2.24, 2.45) is 5.41 Å². The molecule has 0 aliphatic carbocycles. The van der Waals surface area contributed by atoms with Gasteiger partial charge in [0.05, 0.1) is 18.2 Å². The van der Waals surface area contributed by atoms with Crippen LogP contribution in [-0.4, -0.2) is 81.0 Å². The Labute approximate surface area is 320 Å². The molecular formula is C39H47F6N3O6S. The number of pyridine rings is 1. The van der Waals surface area contributed by atoms with Crippen LogP contribution in [0.25, 0.3) is 0 Å². The maximum atomic E-state index is 14.9. The number of rotatable bonds is 13. The molecule has 1 aromatic carbocycles. The maximum Gasteiger partial charge on any atom is 0.425 e. The van der Waals surface area contributed by atoms with Gasteiger partial charge in [-0.3, -0.25) is 14.6 Å². The Morgan fingerprint density at radius 3 is 2.36 bits per heavy atom. The molecule has 2 N–H and O–H groups in total. The van der Waals surface area contributed by atoms with Crippen LogP contribution in [0.3, 0.4) is 0 Å². The number of ether oxygens (including phenoxy) is 2. The Balaban J connectivity index is 1.42. The van der Waals surface area contributed by atoms with Crippen molar-refractivity contribution in [2.45, 2.75) is 108 Å². The summed E-state index contributed by atoms with van der Waals surface area (Å²) in [5.74, 6) is -1.14. The first-order chi connectivity index (χ1) is 25.9. The van der Waals surface area contributed by atoms with Gasteiger partial charge in [-0.05, 0) is 68.2 Å². The average molecular weight is 800 g/mol. The molecule has 3 aromatic rings. The molecule has 0 spiro atoms. The summed E-state index contributed by atoms with van der Waals surface area (Å²) in [6.07, 6.45) is -7.16. The zero-order chi connectivity index (χ0) is 40.2. The van der Waals surface area contributed by atoms with Crippen LogP contribution < -0.4 is 9.47 Å². The highest BCUT2D eigenvalue weighted by atomic mass is 32.1. The van der Waals surface area contributed by atoms with Crippen molar-refractivity contribution in [3.8, 4) is 11.5 Å². The minimum Gasteiger partial charge on any atom is -0.493 e. The Hall–Kier alpha value is -3.89. The second-order valence-electron chi connectivity index (χ2n) is 14.9. The van der Waals surface area contributed by atoms with Crippen LogP contribution in [0.4, 0.5) is 26.3 Å². The number of alkyl halides is 6. The molecule has 9 nitrogen and oxygen atoms in total. The fourth-order valence-electron chi connectivity index (χ4n) is 7.53. The fraction of sp³-hybridized carbons (Fsp3) is 0.564. The lowest BCUT2D eigenvalue weighted by atomic mass is 9.79. The number of carbonyl (C=O) groups is 2. The van der Waals surface area contributed by atoms with Crippen molar-refractivity contribution >= 4 is 23.2 Å². The average Bonchev–Trinajstić information content (AvgIpc) is 3.63. The molecule has 0 radical (unpaired) electrons. The quantitative estimate of drug-likeness (QED) is 0.102. The smallest absolute Gasteiger partial charge is 0.425 e. The number of carbonyl (C=O) groups excluding carboxylic acids is 2. The van der Waals surface area contributed by atoms with Crippen LogP contribution >= 0.6 is 11.3 Å². The SMILES string of the molecule is CCC[C@H]1N(C(=O)c2ncccc2C(F)(F)F)CCC[C@@]1(Oc1csc(C(F)(F)F)c1)C(=O)N1CCC(c2ccccc2OCCCC(C)(C)C(O)O)CC1. The second-order valence-corrected chi connectivity index (χ2v) is 15.8. The number of halogens is 6. The van der Waals surface area contributed by atoms with Gasteiger partial charge in [-0.2, -0.15) is 26.3 Å². The zero-order valence-corrected chi connectivity index (χ0v) is 31.8. The third-order valence-electron chi connectivity index (χ3n) is 10.6. The number of hydrogen-bond acceptors (Lipinski definition) is 8. The topological polar surface area (TPSA) is 112 Å². The lowest BCUT2D eigenvalue weighted by molar-refractivity contribution is -0.160. The largest absolute Gasteiger partial charge is 0.493 e. The molecule has 302 valence electrons. The first kappa shape index (κ1) is 42.3. The molecule has 0 bridgehead atoms. The van der Waals surface area contributed by atoms with Gasteiger partial charge < -0.3 is 29.5 Å². The lowest BCUT2D eigenvalue weighted by Crippen LogP contribution is -2.68. The monoisotopic (exact) mass is 799 g/mol. The predicted molar refractivity (Wildman–Crippen MR) is 193 cm³/mol. The molecule has 2 fully saturated rings. The summed E-state index contributed by atoms with van der Waals surface area (Å²) in [5.41, 5.74) is -3.72. The molecule has 2 amide bonds. The van der Waals surface area contributed by atoms with E-state index < -0.39 is 63.6 Å². The number of amides is 2. The van der Waals surface area contributed by atoms with Crippen molar-refractivity contribution < 1.29 is 55.6 Å². The molecule has 2 aliphatic rings. The number of thiophene rings is 1. The van der Waals surface area contributed by atoms with E-state index in [0.29, 0.717) is 55.8 Å². The number of aromatic nitrogens is 1. The van der Waals surface area contributed by atoms with E-state index in [-0.39, 0.29) is 50.6 Å². The van der Waals surface area contributed by atoms with Crippen LogP contribution in [0.15, 0.2) is 54.0 Å². The van der Waals surface area contributed by atoms with Gasteiger partial charge in [-0.1, -0.05) is 45.4 Å². The van der Waals surface area contributed by atoms with E-state index in [1.807, 2.05) is 24.3 Å². The van der Waals surface area contributed by atoms with Crippen LogP contribution in [0.1, 0.15) is 105 Å². The molecule has 16 heteroatoms. The van der Waals surface area contributed by atoms with Crippen LogP contribution in [0, 0.1) is 5.41 Å². The lowest BCUT2D eigenvalue weighted by Gasteiger charge is -2.50. The van der Waals surface area contributed by atoms with Crippen molar-refractivity contribution in [3.63, 3.8) is 0 Å². The number of benzene rings is 1. The minimum absolute atomic E-state index is 0.00979. The Bertz CT molecular complexity index is 1770. The highest BCUT2D eigenvalue weighted by Gasteiger charge is 2.56. The Kier molecular flexibility index (Phi) is 13.1. The van der Waals surface area contributed by atoms with E-state index in [0.717, 1.165) is 35.3 Å². The van der Waals surface area contributed by atoms with E-state index >= 15 is 0 Å². The number of nitrogens with zero attached hydrogens (tertiary/aromatic N) is 3. The molecule has 5 rings (SSSR count). The van der Waals surface area contributed by atoms with Gasteiger partial charge in [0.25, 0.3) is 11.8 Å². The summed E-state index contributed by atoms with van der Waals surface area (Å²) >= 11 is 0.398. The number of aliphatic hydroxyl groups excluding tert-OH is 1. The Morgan fingerprint density at radius 2 is 1.73 bits per heavy atom. The summed E-state index contributed by atoms with van der Waals surface area (Å²) in [6.45, 7) is 6.12. The highest BCUT2D eigenvalue weighted by Crippen LogP contribution is 2.44. The van der Waals surface area contributed by atoms with Crippen LogP contribution in [-0.2, 0) is 17.1 Å². The van der Waals surface area contributed by atoms with Gasteiger partial charge in [0.15, 0.2) is 6.29 Å². The van der Waals surface area contributed by atoms with Crippen LogP contribution in [0.5, 0.6) is 11.5 Å². The van der Waals surface area contributed by atoms with Gasteiger partial charge in [0.1, 0.15) is 22.1 Å². The summed E-state index contributed by atoms with van der Waals surface area (Å²) in [4.78, 5) is 34.6.